The Hall–Kier alpha value is -0.460. The lowest BCUT2D eigenvalue weighted by atomic mass is 11.0. The summed E-state index contributed by atoms with van der Waals surface area (Å²) in [5.74, 6) is 0. The van der Waals surface area contributed by atoms with E-state index in [1.807, 2.05) is 0 Å². The number of amides is 1. The monoisotopic (exact) mass is 153 g/mol. The van der Waals surface area contributed by atoms with Crippen molar-refractivity contribution in [3.63, 3.8) is 0 Å². The molecule has 9 heavy (non-hydrogen) atoms. The van der Waals surface area contributed by atoms with Crippen LogP contribution in [-0.2, 0) is 16.2 Å². The van der Waals surface area contributed by atoms with Crippen molar-refractivity contribution in [2.24, 2.45) is 0 Å². The van der Waals surface area contributed by atoms with Gasteiger partial charge in [0.25, 0.3) is 11.4 Å². The van der Waals surface area contributed by atoms with Gasteiger partial charge in [0.1, 0.15) is 0 Å². The lowest BCUT2D eigenvalue weighted by Crippen LogP contribution is -1.85. The molecule has 0 aromatic carbocycles. The van der Waals surface area contributed by atoms with Crippen LogP contribution in [0, 0.1) is 0 Å². The first-order chi connectivity index (χ1) is 4.16. The van der Waals surface area contributed by atoms with Gasteiger partial charge < -0.3 is 4.90 Å². The molecule has 0 saturated carbocycles. The predicted octanol–water partition coefficient (Wildman–Crippen LogP) is -0.860. The van der Waals surface area contributed by atoms with E-state index in [0.717, 1.165) is 19.5 Å². The smallest absolute Gasteiger partial charge is 0.299 e. The average Bonchev–Trinajstić information content (AvgIpc) is 2.43. The van der Waals surface area contributed by atoms with Gasteiger partial charge in [-0.2, -0.15) is 4.21 Å². The first kappa shape index (κ1) is 8.54. The summed E-state index contributed by atoms with van der Waals surface area (Å²) in [6.07, 6.45) is 0.861. The van der Waals surface area contributed by atoms with E-state index in [1.165, 1.54) is 0 Å². The zero-order valence-electron chi connectivity index (χ0n) is 4.56. The van der Waals surface area contributed by atoms with Gasteiger partial charge in [0.2, 0.25) is 6.41 Å². The van der Waals surface area contributed by atoms with Crippen LogP contribution < -0.4 is 0 Å². The minimum atomic E-state index is -2.61. The van der Waals surface area contributed by atoms with Crippen LogP contribution in [0.4, 0.5) is 0 Å². The Labute approximate surface area is 54.8 Å². The van der Waals surface area contributed by atoms with Crippen molar-refractivity contribution in [1.82, 2.24) is 4.90 Å². The summed E-state index contributed by atoms with van der Waals surface area (Å²) in [6.45, 7) is 1.95. The molecule has 0 bridgehead atoms. The Kier molecular flexibility index (Phi) is 4.20. The summed E-state index contributed by atoms with van der Waals surface area (Å²) in [4.78, 5) is 11.2. The topological polar surface area (TPSA) is 77.6 Å². The fourth-order valence-electron chi connectivity index (χ4n) is 0.163. The standard InChI is InChI=1S/C3H5NO.H2O3S/c5-3-4-1-2-4;1-4(2)3/h3H,1-2H2;(H2,1,2,3). The maximum absolute atomic E-state index is 9.49. The minimum absolute atomic E-state index is 0.861. The van der Waals surface area contributed by atoms with Crippen LogP contribution in [0.15, 0.2) is 0 Å². The van der Waals surface area contributed by atoms with Gasteiger partial charge in [-0.25, -0.2) is 0 Å². The van der Waals surface area contributed by atoms with Crippen molar-refractivity contribution in [3.05, 3.63) is 0 Å². The minimum Gasteiger partial charge on any atom is -0.342 e. The van der Waals surface area contributed by atoms with E-state index in [-0.39, 0.29) is 0 Å². The third kappa shape index (κ3) is 11.2. The van der Waals surface area contributed by atoms with Gasteiger partial charge in [0, 0.05) is 13.1 Å². The van der Waals surface area contributed by atoms with E-state index in [0.29, 0.717) is 0 Å². The molecule has 0 aromatic heterocycles. The fourth-order valence-corrected chi connectivity index (χ4v) is 0.163. The third-order valence-corrected chi connectivity index (χ3v) is 0.631. The Bertz CT molecular complexity index is 108. The molecule has 1 aliphatic rings. The Balaban J connectivity index is 0.000000148. The SMILES string of the molecule is O=CN1CC1.O=S(O)O. The summed E-state index contributed by atoms with van der Waals surface area (Å²) in [5.41, 5.74) is 0. The summed E-state index contributed by atoms with van der Waals surface area (Å²) < 4.78 is 22.8. The van der Waals surface area contributed by atoms with Gasteiger partial charge in [-0.05, 0) is 0 Å². The maximum Gasteiger partial charge on any atom is 0.299 e. The molecule has 0 aromatic rings. The molecule has 1 aliphatic heterocycles. The van der Waals surface area contributed by atoms with Gasteiger partial charge in [-0.15, -0.1) is 0 Å². The highest BCUT2D eigenvalue weighted by Crippen LogP contribution is 1.94. The molecule has 6 heteroatoms. The number of carbonyl (C=O) groups is 1. The number of rotatable bonds is 1. The van der Waals surface area contributed by atoms with E-state index in [9.17, 15) is 4.79 Å². The highest BCUT2D eigenvalue weighted by molar-refractivity contribution is 7.73. The summed E-state index contributed by atoms with van der Waals surface area (Å²) in [6, 6.07) is 0. The highest BCUT2D eigenvalue weighted by Gasteiger charge is 2.11. The fraction of sp³-hybridized carbons (Fsp3) is 0.667. The molecule has 2 N–H and O–H groups in total. The number of hydrogen-bond acceptors (Lipinski definition) is 2. The molecule has 0 spiro atoms. The van der Waals surface area contributed by atoms with Crippen molar-refractivity contribution < 1.29 is 18.1 Å². The lowest BCUT2D eigenvalue weighted by Gasteiger charge is -1.71. The molecule has 54 valence electrons. The van der Waals surface area contributed by atoms with E-state index in [2.05, 4.69) is 0 Å². The molecule has 0 aliphatic carbocycles. The van der Waals surface area contributed by atoms with Crippen molar-refractivity contribution in [2.45, 2.75) is 0 Å². The van der Waals surface area contributed by atoms with Crippen LogP contribution >= 0.6 is 0 Å². The van der Waals surface area contributed by atoms with Gasteiger partial charge in [-0.1, -0.05) is 0 Å². The highest BCUT2D eigenvalue weighted by atomic mass is 32.2. The van der Waals surface area contributed by atoms with Crippen LogP contribution in [0.5, 0.6) is 0 Å². The second kappa shape index (κ2) is 4.42. The summed E-state index contributed by atoms with van der Waals surface area (Å²) in [5, 5.41) is 0. The van der Waals surface area contributed by atoms with Gasteiger partial charge in [0.15, 0.2) is 0 Å². The number of carbonyl (C=O) groups excluding carboxylic acids is 1. The zero-order valence-corrected chi connectivity index (χ0v) is 5.37. The molecule has 1 rings (SSSR count). The van der Waals surface area contributed by atoms with Crippen molar-refractivity contribution in [1.29, 1.82) is 0 Å². The van der Waals surface area contributed by atoms with Crippen LogP contribution in [0.3, 0.4) is 0 Å². The zero-order chi connectivity index (χ0) is 7.28. The van der Waals surface area contributed by atoms with Crippen LogP contribution in [-0.4, -0.2) is 37.7 Å². The number of nitrogens with zero attached hydrogens (tertiary/aromatic N) is 1. The first-order valence-electron chi connectivity index (χ1n) is 2.16. The maximum atomic E-state index is 9.49. The lowest BCUT2D eigenvalue weighted by molar-refractivity contribution is -0.113. The first-order valence-corrected chi connectivity index (χ1v) is 3.22. The van der Waals surface area contributed by atoms with E-state index < -0.39 is 11.4 Å². The second-order valence-corrected chi connectivity index (χ2v) is 1.83. The van der Waals surface area contributed by atoms with Gasteiger partial charge in [-0.3, -0.25) is 13.9 Å². The van der Waals surface area contributed by atoms with E-state index in [1.54, 1.807) is 4.90 Å². The molecular formula is C3H7NO4S. The molecule has 1 amide bonds. The largest absolute Gasteiger partial charge is 0.342 e. The average molecular weight is 153 g/mol. The molecular weight excluding hydrogens is 146 g/mol. The predicted molar refractivity (Wildman–Crippen MR) is 31.0 cm³/mol. The van der Waals surface area contributed by atoms with E-state index >= 15 is 0 Å². The molecule has 0 radical (unpaired) electrons. The second-order valence-electron chi connectivity index (χ2n) is 1.37. The third-order valence-electron chi connectivity index (χ3n) is 0.631. The molecule has 0 atom stereocenters. The normalized spacial score (nSPS) is 14.3. The van der Waals surface area contributed by atoms with Crippen molar-refractivity contribution in [2.75, 3.05) is 13.1 Å². The quantitative estimate of drug-likeness (QED) is 0.292. The Morgan fingerprint density at radius 1 is 1.44 bits per heavy atom. The molecule has 5 nitrogen and oxygen atoms in total. The van der Waals surface area contributed by atoms with Gasteiger partial charge in [0.05, 0.1) is 0 Å². The van der Waals surface area contributed by atoms with E-state index in [4.69, 9.17) is 13.3 Å². The summed E-state index contributed by atoms with van der Waals surface area (Å²) in [7, 11) is 0. The molecule has 1 saturated heterocycles. The summed E-state index contributed by atoms with van der Waals surface area (Å²) >= 11 is -2.61. The van der Waals surface area contributed by atoms with Gasteiger partial charge >= 0.3 is 0 Å². The molecule has 0 unspecified atom stereocenters. The number of hydrogen-bond donors (Lipinski definition) is 2. The molecule has 1 heterocycles. The van der Waals surface area contributed by atoms with Crippen LogP contribution in [0.1, 0.15) is 0 Å². The Morgan fingerprint density at radius 2 is 1.78 bits per heavy atom. The van der Waals surface area contributed by atoms with Crippen LogP contribution in [0.2, 0.25) is 0 Å². The van der Waals surface area contributed by atoms with Crippen molar-refractivity contribution >= 4 is 17.8 Å². The molecule has 1 fully saturated rings. The Morgan fingerprint density at radius 3 is 1.78 bits per heavy atom. The van der Waals surface area contributed by atoms with Crippen molar-refractivity contribution in [3.8, 4) is 0 Å². The van der Waals surface area contributed by atoms with Crippen LogP contribution in [0.25, 0.3) is 0 Å².